The van der Waals surface area contributed by atoms with Crippen LogP contribution in [-0.4, -0.2) is 23.6 Å². The Balaban J connectivity index is 1.79. The maximum atomic E-state index is 6.09. The number of nitrogen functional groups attached to an aromatic ring is 1. The highest BCUT2D eigenvalue weighted by Gasteiger charge is 2.39. The molecule has 3 atom stereocenters. The van der Waals surface area contributed by atoms with Crippen molar-refractivity contribution in [1.29, 1.82) is 0 Å². The Morgan fingerprint density at radius 1 is 1.24 bits per heavy atom. The van der Waals surface area contributed by atoms with Crippen LogP contribution in [0.2, 0.25) is 0 Å². The van der Waals surface area contributed by atoms with Gasteiger partial charge >= 0.3 is 0 Å². The molecule has 2 bridgehead atoms. The van der Waals surface area contributed by atoms with Gasteiger partial charge in [-0.1, -0.05) is 20.3 Å². The van der Waals surface area contributed by atoms with Gasteiger partial charge in [-0.15, -0.1) is 0 Å². The first-order valence-corrected chi connectivity index (χ1v) is 8.30. The van der Waals surface area contributed by atoms with E-state index < -0.39 is 0 Å². The first-order valence-electron chi connectivity index (χ1n) is 8.30. The highest BCUT2D eigenvalue weighted by Crippen LogP contribution is 2.48. The number of aromatic nitrogens is 2. The normalized spacial score (nSPS) is 27.6. The molecule has 2 fully saturated rings. The summed E-state index contributed by atoms with van der Waals surface area (Å²) >= 11 is 0. The molecule has 1 aromatic rings. The topological polar surface area (TPSA) is 55.0 Å². The van der Waals surface area contributed by atoms with E-state index in [-0.39, 0.29) is 0 Å². The minimum absolute atomic E-state index is 0.308. The molecule has 0 amide bonds. The van der Waals surface area contributed by atoms with Gasteiger partial charge in [-0.25, -0.2) is 9.97 Å². The van der Waals surface area contributed by atoms with Gasteiger partial charge in [-0.2, -0.15) is 0 Å². The summed E-state index contributed by atoms with van der Waals surface area (Å²) in [4.78, 5) is 11.5. The van der Waals surface area contributed by atoms with Crippen LogP contribution in [0.3, 0.4) is 0 Å². The maximum absolute atomic E-state index is 6.09. The lowest BCUT2D eigenvalue weighted by atomic mass is 9.88. The molecule has 4 nitrogen and oxygen atoms in total. The van der Waals surface area contributed by atoms with Gasteiger partial charge in [0, 0.05) is 25.1 Å². The fourth-order valence-corrected chi connectivity index (χ4v) is 4.21. The van der Waals surface area contributed by atoms with Gasteiger partial charge in [0.1, 0.15) is 17.5 Å². The number of hydrogen-bond acceptors (Lipinski definition) is 4. The average molecular weight is 288 g/mol. The largest absolute Gasteiger partial charge is 0.383 e. The zero-order valence-electron chi connectivity index (χ0n) is 13.8. The quantitative estimate of drug-likeness (QED) is 0.923. The SMILES string of the molecule is Cc1c(N)nc(C(C)C)nc1N(C)CC1CC2CCC1C2. The van der Waals surface area contributed by atoms with Crippen LogP contribution >= 0.6 is 0 Å². The Kier molecular flexibility index (Phi) is 3.80. The van der Waals surface area contributed by atoms with E-state index in [9.17, 15) is 0 Å². The van der Waals surface area contributed by atoms with E-state index in [4.69, 9.17) is 10.7 Å². The second-order valence-corrected chi connectivity index (χ2v) is 7.39. The molecule has 4 heteroatoms. The molecule has 0 spiro atoms. The first-order chi connectivity index (χ1) is 9.95. The summed E-state index contributed by atoms with van der Waals surface area (Å²) in [6.45, 7) is 7.37. The number of fused-ring (bicyclic) bond motifs is 2. The fourth-order valence-electron chi connectivity index (χ4n) is 4.21. The van der Waals surface area contributed by atoms with E-state index in [2.05, 4.69) is 30.8 Å². The highest BCUT2D eigenvalue weighted by atomic mass is 15.2. The first kappa shape index (κ1) is 14.6. The Labute approximate surface area is 128 Å². The van der Waals surface area contributed by atoms with Crippen LogP contribution in [0.15, 0.2) is 0 Å². The molecule has 0 aromatic carbocycles. The summed E-state index contributed by atoms with van der Waals surface area (Å²) in [5, 5.41) is 0. The number of anilines is 2. The molecule has 0 saturated heterocycles. The highest BCUT2D eigenvalue weighted by molar-refractivity contribution is 5.56. The molecule has 0 aliphatic heterocycles. The van der Waals surface area contributed by atoms with Crippen molar-refractivity contribution in [3.8, 4) is 0 Å². The van der Waals surface area contributed by atoms with E-state index in [1.54, 1.807) is 0 Å². The summed E-state index contributed by atoms with van der Waals surface area (Å²) in [7, 11) is 2.16. The van der Waals surface area contributed by atoms with Gasteiger partial charge in [-0.05, 0) is 43.9 Å². The number of nitrogens with zero attached hydrogens (tertiary/aromatic N) is 3. The van der Waals surface area contributed by atoms with Crippen molar-refractivity contribution in [2.75, 3.05) is 24.2 Å². The number of hydrogen-bond donors (Lipinski definition) is 1. The van der Waals surface area contributed by atoms with Crippen LogP contribution in [0.25, 0.3) is 0 Å². The standard InChI is InChI=1S/C17H28N4/c1-10(2)16-19-15(18)11(3)17(20-16)21(4)9-14-8-12-5-6-13(14)7-12/h10,12-14H,5-9H2,1-4H3,(H2,18,19,20). The van der Waals surface area contributed by atoms with Gasteiger partial charge < -0.3 is 10.6 Å². The van der Waals surface area contributed by atoms with Gasteiger partial charge in [0.15, 0.2) is 0 Å². The molecule has 1 aromatic heterocycles. The summed E-state index contributed by atoms with van der Waals surface area (Å²) in [5.74, 6) is 5.59. The summed E-state index contributed by atoms with van der Waals surface area (Å²) < 4.78 is 0. The lowest BCUT2D eigenvalue weighted by Gasteiger charge is -2.29. The summed E-state index contributed by atoms with van der Waals surface area (Å²) in [6.07, 6.45) is 5.76. The van der Waals surface area contributed by atoms with Gasteiger partial charge in [0.05, 0.1) is 0 Å². The zero-order valence-corrected chi connectivity index (χ0v) is 13.8. The molecule has 1 heterocycles. The van der Waals surface area contributed by atoms with Crippen LogP contribution in [0.4, 0.5) is 11.6 Å². The molecule has 2 N–H and O–H groups in total. The van der Waals surface area contributed by atoms with Gasteiger partial charge in [0.2, 0.25) is 0 Å². The van der Waals surface area contributed by atoms with Crippen LogP contribution in [0.5, 0.6) is 0 Å². The molecule has 2 aliphatic carbocycles. The monoisotopic (exact) mass is 288 g/mol. The molecule has 116 valence electrons. The van der Waals surface area contributed by atoms with Crippen molar-refractivity contribution < 1.29 is 0 Å². The third kappa shape index (κ3) is 2.72. The molecular weight excluding hydrogens is 260 g/mol. The molecule has 0 radical (unpaired) electrons. The molecule has 21 heavy (non-hydrogen) atoms. The maximum Gasteiger partial charge on any atom is 0.137 e. The fraction of sp³-hybridized carbons (Fsp3) is 0.765. The van der Waals surface area contributed by atoms with E-state index in [1.807, 2.05) is 6.92 Å². The third-order valence-corrected chi connectivity index (χ3v) is 5.45. The molecule has 2 aliphatic rings. The second-order valence-electron chi connectivity index (χ2n) is 7.39. The smallest absolute Gasteiger partial charge is 0.137 e. The van der Waals surface area contributed by atoms with Crippen molar-refractivity contribution >= 4 is 11.6 Å². The van der Waals surface area contributed by atoms with Crippen LogP contribution < -0.4 is 10.6 Å². The van der Waals surface area contributed by atoms with Gasteiger partial charge in [-0.3, -0.25) is 0 Å². The minimum atomic E-state index is 0.308. The van der Waals surface area contributed by atoms with Crippen LogP contribution in [0.1, 0.15) is 56.8 Å². The predicted octanol–water partition coefficient (Wildman–Crippen LogP) is 3.36. The molecule has 3 unspecified atom stereocenters. The van der Waals surface area contributed by atoms with Crippen molar-refractivity contribution in [2.24, 2.45) is 17.8 Å². The Hall–Kier alpha value is -1.32. The van der Waals surface area contributed by atoms with E-state index in [0.29, 0.717) is 11.7 Å². The predicted molar refractivity (Wildman–Crippen MR) is 87.5 cm³/mol. The molecule has 3 rings (SSSR count). The summed E-state index contributed by atoms with van der Waals surface area (Å²) in [5.41, 5.74) is 7.11. The minimum Gasteiger partial charge on any atom is -0.383 e. The number of rotatable bonds is 4. The van der Waals surface area contributed by atoms with Crippen molar-refractivity contribution in [3.05, 3.63) is 11.4 Å². The average Bonchev–Trinajstić information content (AvgIpc) is 3.03. The van der Waals surface area contributed by atoms with Crippen molar-refractivity contribution in [3.63, 3.8) is 0 Å². The van der Waals surface area contributed by atoms with Crippen LogP contribution in [-0.2, 0) is 0 Å². The molecule has 2 saturated carbocycles. The van der Waals surface area contributed by atoms with Gasteiger partial charge in [0.25, 0.3) is 0 Å². The third-order valence-electron chi connectivity index (χ3n) is 5.45. The lowest BCUT2D eigenvalue weighted by molar-refractivity contribution is 0.337. The second kappa shape index (κ2) is 5.47. The van der Waals surface area contributed by atoms with E-state index >= 15 is 0 Å². The Morgan fingerprint density at radius 2 is 2.00 bits per heavy atom. The molecular formula is C17H28N4. The van der Waals surface area contributed by atoms with Crippen molar-refractivity contribution in [1.82, 2.24) is 9.97 Å². The lowest BCUT2D eigenvalue weighted by Crippen LogP contribution is -2.30. The Morgan fingerprint density at radius 3 is 2.57 bits per heavy atom. The number of nitrogens with two attached hydrogens (primary N) is 1. The van der Waals surface area contributed by atoms with Crippen LogP contribution in [0, 0.1) is 24.7 Å². The zero-order chi connectivity index (χ0) is 15.1. The Bertz CT molecular complexity index is 526. The van der Waals surface area contributed by atoms with E-state index in [1.165, 1.54) is 25.7 Å². The van der Waals surface area contributed by atoms with Crippen molar-refractivity contribution in [2.45, 2.75) is 52.4 Å². The van der Waals surface area contributed by atoms with E-state index in [0.717, 1.165) is 41.5 Å². The summed E-state index contributed by atoms with van der Waals surface area (Å²) in [6, 6.07) is 0.